The molecule has 0 N–H and O–H groups in total. The largest absolute Gasteiger partial charge is 0.416 e. The van der Waals surface area contributed by atoms with E-state index in [0.29, 0.717) is 0 Å². The Morgan fingerprint density at radius 3 is 1.00 bits per heavy atom. The lowest BCUT2D eigenvalue weighted by atomic mass is 10.7. The maximum Gasteiger partial charge on any atom is 0.406 e. The Labute approximate surface area is 154 Å². The van der Waals surface area contributed by atoms with Crippen LogP contribution in [0.15, 0.2) is 0 Å². The molecule has 0 bridgehead atoms. The van der Waals surface area contributed by atoms with E-state index in [1.165, 1.54) is 0 Å². The van der Waals surface area contributed by atoms with Gasteiger partial charge in [-0.15, -0.1) is 0 Å². The van der Waals surface area contributed by atoms with Gasteiger partial charge in [-0.3, -0.25) is 4.57 Å². The fourth-order valence-corrected chi connectivity index (χ4v) is 30.1. The van der Waals surface area contributed by atoms with E-state index in [1.54, 1.807) is 0 Å². The van der Waals surface area contributed by atoms with Gasteiger partial charge in [-0.25, -0.2) is 0 Å². The third-order valence-corrected chi connectivity index (χ3v) is 24.2. The van der Waals surface area contributed by atoms with Crippen LogP contribution < -0.4 is 0 Å². The van der Waals surface area contributed by atoms with Crippen LogP contribution in [-0.4, -0.2) is 60.6 Å². The van der Waals surface area contributed by atoms with Crippen LogP contribution >= 0.6 is 0 Å². The van der Waals surface area contributed by atoms with E-state index in [-0.39, 0.29) is 0 Å². The molecule has 0 aromatic rings. The van der Waals surface area contributed by atoms with Crippen LogP contribution in [-0.2, 0) is 20.6 Å². The van der Waals surface area contributed by atoms with Gasteiger partial charge in [0.25, 0.3) is 0 Å². The molecule has 0 aromatic heterocycles. The van der Waals surface area contributed by atoms with E-state index < -0.39 is 43.0 Å². The summed E-state index contributed by atoms with van der Waals surface area (Å²) in [5.74, 6) is 0. The second-order valence-electron chi connectivity index (χ2n) is 8.18. The molecule has 0 aromatic carbocycles. The van der Waals surface area contributed by atoms with Gasteiger partial charge in [0, 0.05) is 0 Å². The Bertz CT molecular complexity index is 412. The second kappa shape index (κ2) is 7.46. The van der Waals surface area contributed by atoms with Gasteiger partial charge < -0.3 is 20.6 Å². The van der Waals surface area contributed by atoms with E-state index in [0.717, 1.165) is 13.1 Å². The van der Waals surface area contributed by atoms with Crippen LogP contribution in [0.4, 0.5) is 0 Å². The van der Waals surface area contributed by atoms with Gasteiger partial charge in [-0.05, 0) is 72.0 Å². The Hall–Kier alpha value is 0.844. The van der Waals surface area contributed by atoms with Crippen LogP contribution in [0.3, 0.4) is 0 Å². The molecule has 0 radical (unpaired) electrons. The van der Waals surface area contributed by atoms with Crippen LogP contribution in [0, 0.1) is 0 Å². The monoisotopic (exact) mass is 427 g/mol. The minimum absolute atomic E-state index is 0.895. The standard InChI is InChI=1S/C13H37NO5Si5/c1-12-14(13-2)24(11)18-22(7,8)16-20(3,4)15-21(5,6)17-23(9,10)19-24/h12-13H2,1-11H3. The molecular formula is C13H37NO5Si5. The van der Waals surface area contributed by atoms with Crippen LogP contribution in [0.5, 0.6) is 0 Å². The highest BCUT2D eigenvalue weighted by Crippen LogP contribution is 2.32. The highest BCUT2D eigenvalue weighted by atomic mass is 28.5. The van der Waals surface area contributed by atoms with Crippen molar-refractivity contribution < 1.29 is 20.6 Å². The Morgan fingerprint density at radius 2 is 0.750 bits per heavy atom. The molecule has 1 aliphatic rings. The molecule has 0 unspecified atom stereocenters. The maximum atomic E-state index is 6.67. The van der Waals surface area contributed by atoms with E-state index in [1.807, 2.05) is 0 Å². The summed E-state index contributed by atoms with van der Waals surface area (Å²) in [6.07, 6.45) is 0. The molecule has 0 amide bonds. The first-order valence-electron chi connectivity index (χ1n) is 8.81. The molecule has 0 aliphatic carbocycles. The number of hydrogen-bond acceptors (Lipinski definition) is 6. The molecular weight excluding hydrogens is 391 g/mol. The summed E-state index contributed by atoms with van der Waals surface area (Å²) in [6.45, 7) is 25.0. The first-order valence-corrected chi connectivity index (χ1v) is 22.3. The molecule has 0 atom stereocenters. The highest BCUT2D eigenvalue weighted by molar-refractivity contribution is 6.92. The lowest BCUT2D eigenvalue weighted by Crippen LogP contribution is -2.69. The molecule has 11 heteroatoms. The summed E-state index contributed by atoms with van der Waals surface area (Å²) in [4.78, 5) is 0. The van der Waals surface area contributed by atoms with Crippen LogP contribution in [0.2, 0.25) is 58.9 Å². The average molecular weight is 428 g/mol. The lowest BCUT2D eigenvalue weighted by Gasteiger charge is -2.49. The molecule has 24 heavy (non-hydrogen) atoms. The van der Waals surface area contributed by atoms with E-state index in [9.17, 15) is 0 Å². The van der Waals surface area contributed by atoms with Crippen molar-refractivity contribution in [2.75, 3.05) is 13.1 Å². The zero-order valence-electron chi connectivity index (χ0n) is 17.4. The molecule has 0 spiro atoms. The van der Waals surface area contributed by atoms with Gasteiger partial charge in [0.1, 0.15) is 0 Å². The lowest BCUT2D eigenvalue weighted by molar-refractivity contribution is 0.194. The molecule has 0 saturated carbocycles. The zero-order valence-corrected chi connectivity index (χ0v) is 22.4. The predicted octanol–water partition coefficient (Wildman–Crippen LogP) is 3.80. The Kier molecular flexibility index (Phi) is 7.11. The maximum absolute atomic E-state index is 6.67. The third kappa shape index (κ3) is 6.53. The van der Waals surface area contributed by atoms with Gasteiger partial charge in [0.2, 0.25) is 0 Å². The average Bonchev–Trinajstić information content (AvgIpc) is 2.20. The van der Waals surface area contributed by atoms with Gasteiger partial charge in [0.05, 0.1) is 0 Å². The summed E-state index contributed by atoms with van der Waals surface area (Å²) < 4.78 is 35.0. The molecule has 1 aliphatic heterocycles. The fraction of sp³-hybridized carbons (Fsp3) is 1.00. The molecule has 1 fully saturated rings. The minimum Gasteiger partial charge on any atom is -0.416 e. The Balaban J connectivity index is 3.34. The van der Waals surface area contributed by atoms with Crippen molar-refractivity contribution in [2.24, 2.45) is 0 Å². The molecule has 6 nitrogen and oxygen atoms in total. The normalized spacial score (nSPS) is 28.5. The minimum atomic E-state index is -2.60. The summed E-state index contributed by atoms with van der Waals surface area (Å²) in [5, 5.41) is 0. The summed E-state index contributed by atoms with van der Waals surface area (Å²) in [7, 11) is -12.1. The number of hydrogen-bond donors (Lipinski definition) is 0. The van der Waals surface area contributed by atoms with Crippen molar-refractivity contribution in [1.82, 2.24) is 4.57 Å². The third-order valence-electron chi connectivity index (χ3n) is 3.68. The second-order valence-corrected chi connectivity index (χ2v) is 25.9. The van der Waals surface area contributed by atoms with Crippen molar-refractivity contribution in [1.29, 1.82) is 0 Å². The topological polar surface area (TPSA) is 49.4 Å². The number of nitrogens with zero attached hydrogens (tertiary/aromatic N) is 1. The SMILES string of the molecule is CCN(CC)[Si]1(C)O[Si](C)(C)O[Si](C)(C)O[Si](C)(C)O[Si](C)(C)O1. The van der Waals surface area contributed by atoms with Crippen LogP contribution in [0.25, 0.3) is 0 Å². The van der Waals surface area contributed by atoms with Crippen molar-refractivity contribution in [3.63, 3.8) is 0 Å². The van der Waals surface area contributed by atoms with Gasteiger partial charge in [-0.2, -0.15) is 0 Å². The van der Waals surface area contributed by atoms with Gasteiger partial charge in [-0.1, -0.05) is 13.8 Å². The quantitative estimate of drug-likeness (QED) is 0.638. The fourth-order valence-electron chi connectivity index (χ4n) is 3.72. The summed E-state index contributed by atoms with van der Waals surface area (Å²) in [5.41, 5.74) is 0. The van der Waals surface area contributed by atoms with E-state index in [4.69, 9.17) is 20.6 Å². The smallest absolute Gasteiger partial charge is 0.406 e. The molecule has 1 saturated heterocycles. The van der Waals surface area contributed by atoms with Gasteiger partial charge >= 0.3 is 43.0 Å². The Morgan fingerprint density at radius 1 is 0.500 bits per heavy atom. The summed E-state index contributed by atoms with van der Waals surface area (Å²) >= 11 is 0. The van der Waals surface area contributed by atoms with E-state index >= 15 is 0 Å². The van der Waals surface area contributed by atoms with Gasteiger partial charge in [0.15, 0.2) is 0 Å². The first-order chi connectivity index (χ1) is 10.6. The van der Waals surface area contributed by atoms with Crippen molar-refractivity contribution >= 4 is 43.0 Å². The molecule has 144 valence electrons. The van der Waals surface area contributed by atoms with Crippen molar-refractivity contribution in [3.05, 3.63) is 0 Å². The molecule has 1 rings (SSSR count). The highest BCUT2D eigenvalue weighted by Gasteiger charge is 2.54. The van der Waals surface area contributed by atoms with E-state index in [2.05, 4.69) is 77.3 Å². The number of rotatable bonds is 3. The predicted molar refractivity (Wildman–Crippen MR) is 110 cm³/mol. The van der Waals surface area contributed by atoms with Crippen molar-refractivity contribution in [3.8, 4) is 0 Å². The zero-order chi connectivity index (χ0) is 19.0. The van der Waals surface area contributed by atoms with Crippen LogP contribution in [0.1, 0.15) is 13.8 Å². The summed E-state index contributed by atoms with van der Waals surface area (Å²) in [6, 6.07) is 0. The first kappa shape index (κ1) is 22.9. The van der Waals surface area contributed by atoms with Crippen molar-refractivity contribution in [2.45, 2.75) is 72.8 Å². The molecule has 1 heterocycles.